The van der Waals surface area contributed by atoms with Crippen molar-refractivity contribution in [3.05, 3.63) is 12.4 Å². The average molecular weight is 490 g/mol. The maximum Gasteiger partial charge on any atom is 0.246 e. The lowest BCUT2D eigenvalue weighted by Crippen LogP contribution is -2.55. The number of piperazine rings is 1. The number of aryl methyl sites for hydroxylation is 1. The van der Waals surface area contributed by atoms with E-state index in [-0.39, 0.29) is 29.9 Å². The minimum absolute atomic E-state index is 0. The molecule has 0 unspecified atom stereocenters. The number of halogens is 1. The summed E-state index contributed by atoms with van der Waals surface area (Å²) in [6.07, 6.45) is 7.15. The number of guanidine groups is 1. The van der Waals surface area contributed by atoms with Crippen LogP contribution in [0.5, 0.6) is 0 Å². The predicted octanol–water partition coefficient (Wildman–Crippen LogP) is 1.47. The molecule has 2 fully saturated rings. The average Bonchev–Trinajstić information content (AvgIpc) is 3.27. The minimum Gasteiger partial charge on any atom is -0.382 e. The second-order valence-corrected chi connectivity index (χ2v) is 7.19. The molecule has 0 spiro atoms. The SMILES string of the molecule is CCOCCC1(CNC(=NC)N2CCN(c3cnn(C)c3)C(=O)C2)CC1.I. The van der Waals surface area contributed by atoms with Crippen LogP contribution in [0.4, 0.5) is 5.69 Å². The molecule has 1 N–H and O–H groups in total. The summed E-state index contributed by atoms with van der Waals surface area (Å²) in [6, 6.07) is 0. The first kappa shape index (κ1) is 21.9. The number of nitrogens with one attached hydrogen (secondary N) is 1. The van der Waals surface area contributed by atoms with Gasteiger partial charge in [0.1, 0.15) is 6.54 Å². The van der Waals surface area contributed by atoms with Crippen molar-refractivity contribution >= 4 is 41.5 Å². The van der Waals surface area contributed by atoms with Crippen LogP contribution >= 0.6 is 24.0 Å². The monoisotopic (exact) mass is 490 g/mol. The van der Waals surface area contributed by atoms with Gasteiger partial charge in [0.25, 0.3) is 0 Å². The van der Waals surface area contributed by atoms with E-state index >= 15 is 0 Å². The lowest BCUT2D eigenvalue weighted by atomic mass is 10.0. The fourth-order valence-corrected chi connectivity index (χ4v) is 3.40. The molecule has 1 aliphatic carbocycles. The maximum absolute atomic E-state index is 12.6. The molecular weight excluding hydrogens is 459 g/mol. The number of aromatic nitrogens is 2. The van der Waals surface area contributed by atoms with Crippen molar-refractivity contribution in [1.82, 2.24) is 20.0 Å². The molecule has 9 heteroatoms. The van der Waals surface area contributed by atoms with Gasteiger partial charge in [-0.15, -0.1) is 24.0 Å². The van der Waals surface area contributed by atoms with E-state index in [1.807, 2.05) is 25.1 Å². The highest BCUT2D eigenvalue weighted by molar-refractivity contribution is 14.0. The second-order valence-electron chi connectivity index (χ2n) is 7.19. The Morgan fingerprint density at radius 2 is 2.19 bits per heavy atom. The highest BCUT2D eigenvalue weighted by Gasteiger charge is 2.42. The van der Waals surface area contributed by atoms with E-state index in [0.717, 1.165) is 44.4 Å². The zero-order chi connectivity index (χ0) is 18.6. The van der Waals surface area contributed by atoms with Crippen LogP contribution in [0.1, 0.15) is 26.2 Å². The number of ether oxygens (including phenoxy) is 1. The van der Waals surface area contributed by atoms with Crippen molar-refractivity contribution < 1.29 is 9.53 Å². The molecular formula is C18H31IN6O2. The topological polar surface area (TPSA) is 75.0 Å². The first-order chi connectivity index (χ1) is 12.6. The molecule has 3 rings (SSSR count). The lowest BCUT2D eigenvalue weighted by molar-refractivity contribution is -0.120. The number of rotatable bonds is 7. The van der Waals surface area contributed by atoms with Crippen LogP contribution in [0.3, 0.4) is 0 Å². The Bertz CT molecular complexity index is 658. The minimum atomic E-state index is 0. The summed E-state index contributed by atoms with van der Waals surface area (Å²) in [6.45, 7) is 6.24. The van der Waals surface area contributed by atoms with Gasteiger partial charge in [0.05, 0.1) is 11.9 Å². The summed E-state index contributed by atoms with van der Waals surface area (Å²) in [5.74, 6) is 0.886. The molecule has 1 saturated carbocycles. The van der Waals surface area contributed by atoms with Crippen LogP contribution in [0.15, 0.2) is 17.4 Å². The van der Waals surface area contributed by atoms with Gasteiger partial charge in [0.2, 0.25) is 5.91 Å². The van der Waals surface area contributed by atoms with E-state index in [4.69, 9.17) is 4.74 Å². The van der Waals surface area contributed by atoms with Crippen molar-refractivity contribution in [3.8, 4) is 0 Å². The van der Waals surface area contributed by atoms with Crippen LogP contribution in [-0.4, -0.2) is 73.0 Å². The summed E-state index contributed by atoms with van der Waals surface area (Å²) in [5.41, 5.74) is 1.19. The van der Waals surface area contributed by atoms with Gasteiger partial charge < -0.3 is 19.9 Å². The van der Waals surface area contributed by atoms with Gasteiger partial charge in [-0.3, -0.25) is 14.5 Å². The summed E-state index contributed by atoms with van der Waals surface area (Å²) in [7, 11) is 3.63. The summed E-state index contributed by atoms with van der Waals surface area (Å²) in [4.78, 5) is 20.8. The van der Waals surface area contributed by atoms with Gasteiger partial charge in [-0.05, 0) is 31.6 Å². The van der Waals surface area contributed by atoms with E-state index in [1.54, 1.807) is 22.8 Å². The van der Waals surface area contributed by atoms with Gasteiger partial charge in [-0.1, -0.05) is 0 Å². The summed E-state index contributed by atoms with van der Waals surface area (Å²) < 4.78 is 7.22. The number of nitrogens with zero attached hydrogens (tertiary/aromatic N) is 5. The third-order valence-corrected chi connectivity index (χ3v) is 5.29. The predicted molar refractivity (Wildman–Crippen MR) is 117 cm³/mol. The molecule has 1 aliphatic heterocycles. The number of carbonyl (C=O) groups excluding carboxylic acids is 1. The number of hydrogen-bond donors (Lipinski definition) is 1. The molecule has 152 valence electrons. The van der Waals surface area contributed by atoms with Crippen molar-refractivity contribution in [2.24, 2.45) is 17.5 Å². The lowest BCUT2D eigenvalue weighted by Gasteiger charge is -2.35. The van der Waals surface area contributed by atoms with Gasteiger partial charge in [0.15, 0.2) is 5.96 Å². The van der Waals surface area contributed by atoms with E-state index in [1.165, 1.54) is 12.8 Å². The molecule has 0 radical (unpaired) electrons. The van der Waals surface area contributed by atoms with Crippen molar-refractivity contribution in [2.45, 2.75) is 26.2 Å². The number of amides is 1. The molecule has 1 saturated heterocycles. The van der Waals surface area contributed by atoms with E-state index in [9.17, 15) is 4.79 Å². The van der Waals surface area contributed by atoms with Crippen LogP contribution in [0.2, 0.25) is 0 Å². The molecule has 2 heterocycles. The van der Waals surface area contributed by atoms with Crippen LogP contribution in [0.25, 0.3) is 0 Å². The third kappa shape index (κ3) is 5.56. The van der Waals surface area contributed by atoms with Gasteiger partial charge >= 0.3 is 0 Å². The van der Waals surface area contributed by atoms with Crippen molar-refractivity contribution in [2.75, 3.05) is 51.3 Å². The number of aliphatic imine (C=N–C) groups is 1. The van der Waals surface area contributed by atoms with Crippen LogP contribution in [-0.2, 0) is 16.6 Å². The smallest absolute Gasteiger partial charge is 0.246 e. The second kappa shape index (κ2) is 9.72. The Hall–Kier alpha value is -1.36. The molecule has 8 nitrogen and oxygen atoms in total. The first-order valence-electron chi connectivity index (χ1n) is 9.39. The fourth-order valence-electron chi connectivity index (χ4n) is 3.40. The molecule has 0 bridgehead atoms. The Morgan fingerprint density at radius 1 is 1.41 bits per heavy atom. The largest absolute Gasteiger partial charge is 0.382 e. The van der Waals surface area contributed by atoms with E-state index in [0.29, 0.717) is 18.5 Å². The zero-order valence-electron chi connectivity index (χ0n) is 16.5. The van der Waals surface area contributed by atoms with Crippen LogP contribution < -0.4 is 10.2 Å². The quantitative estimate of drug-likeness (QED) is 0.271. The molecule has 2 aliphatic rings. The molecule has 1 aromatic heterocycles. The Balaban J connectivity index is 0.00000261. The van der Waals surface area contributed by atoms with Crippen molar-refractivity contribution in [3.63, 3.8) is 0 Å². The van der Waals surface area contributed by atoms with E-state index in [2.05, 4.69) is 15.4 Å². The van der Waals surface area contributed by atoms with Gasteiger partial charge in [0, 0.05) is 53.1 Å². The van der Waals surface area contributed by atoms with Crippen LogP contribution in [0, 0.1) is 5.41 Å². The highest BCUT2D eigenvalue weighted by atomic mass is 127. The number of carbonyl (C=O) groups is 1. The molecule has 0 atom stereocenters. The fraction of sp³-hybridized carbons (Fsp3) is 0.722. The third-order valence-electron chi connectivity index (χ3n) is 5.29. The first-order valence-corrected chi connectivity index (χ1v) is 9.39. The summed E-state index contributed by atoms with van der Waals surface area (Å²) >= 11 is 0. The van der Waals surface area contributed by atoms with E-state index < -0.39 is 0 Å². The van der Waals surface area contributed by atoms with Gasteiger partial charge in [-0.2, -0.15) is 5.10 Å². The molecule has 0 aromatic carbocycles. The summed E-state index contributed by atoms with van der Waals surface area (Å²) in [5, 5.41) is 7.63. The molecule has 27 heavy (non-hydrogen) atoms. The molecule has 1 amide bonds. The maximum atomic E-state index is 12.6. The van der Waals surface area contributed by atoms with Crippen molar-refractivity contribution in [1.29, 1.82) is 0 Å². The Labute approximate surface area is 178 Å². The number of hydrogen-bond acceptors (Lipinski definition) is 4. The molecule has 1 aromatic rings. The Kier molecular flexibility index (Phi) is 7.90. The zero-order valence-corrected chi connectivity index (χ0v) is 18.8. The standard InChI is InChI=1S/C18H30N6O2.HI/c1-4-26-10-7-18(5-6-18)14-20-17(19-2)23-8-9-24(16(25)13-23)15-11-21-22(3)12-15;/h11-12H,4-10,13-14H2,1-3H3,(H,19,20);1H. The Morgan fingerprint density at radius 3 is 2.74 bits per heavy atom. The normalized spacial score (nSPS) is 19.1. The highest BCUT2D eigenvalue weighted by Crippen LogP contribution is 2.48. The van der Waals surface area contributed by atoms with Gasteiger partial charge in [-0.25, -0.2) is 0 Å². The number of anilines is 1.